The second-order valence-corrected chi connectivity index (χ2v) is 19.0. The fourth-order valence-electron chi connectivity index (χ4n) is 11.9. The zero-order valence-corrected chi connectivity index (χ0v) is 39.0. The second kappa shape index (κ2) is 15.3. The van der Waals surface area contributed by atoms with Gasteiger partial charge in [0.15, 0.2) is 0 Å². The molecule has 0 aliphatic heterocycles. The number of hydrogen-bond donors (Lipinski definition) is 1. The first-order chi connectivity index (χ1) is 34.4. The van der Waals surface area contributed by atoms with E-state index in [2.05, 4.69) is 192 Å². The molecule has 0 amide bonds. The van der Waals surface area contributed by atoms with E-state index in [0.29, 0.717) is 5.69 Å². The first kappa shape index (κ1) is 40.2. The molecule has 1 aliphatic carbocycles. The summed E-state index contributed by atoms with van der Waals surface area (Å²) < 4.78 is 4.97. The number of aromatic nitrogens is 5. The molecule has 13 aromatic rings. The maximum absolute atomic E-state index is 6.91. The Morgan fingerprint density at radius 2 is 1.06 bits per heavy atom. The topological polar surface area (TPSA) is 74.5 Å². The first-order valence-corrected chi connectivity index (χ1v) is 24.2. The van der Waals surface area contributed by atoms with E-state index in [9.17, 15) is 0 Å². The van der Waals surface area contributed by atoms with Crippen molar-refractivity contribution in [3.63, 3.8) is 0 Å². The summed E-state index contributed by atoms with van der Waals surface area (Å²) in [5.74, 6) is 0.446. The van der Waals surface area contributed by atoms with E-state index < -0.39 is 0 Å². The Balaban J connectivity index is 1.02. The molecular weight excluding hydrogens is 853 g/mol. The molecule has 0 saturated heterocycles. The molecule has 6 heteroatoms. The molecule has 1 aliphatic rings. The van der Waals surface area contributed by atoms with Gasteiger partial charge < -0.3 is 14.9 Å². The van der Waals surface area contributed by atoms with Gasteiger partial charge in [-0.25, -0.2) is 0 Å². The van der Waals surface area contributed by atoms with Gasteiger partial charge in [-0.3, -0.25) is 15.0 Å². The Morgan fingerprint density at radius 1 is 0.457 bits per heavy atom. The number of benzene rings is 8. The first-order valence-electron chi connectivity index (χ1n) is 24.2. The zero-order valence-electron chi connectivity index (χ0n) is 39.0. The van der Waals surface area contributed by atoms with E-state index >= 15 is 0 Å². The Bertz CT molecular complexity index is 4350. The fraction of sp³-hybridized carbons (Fsp3) is 0.0781. The standard InChI is InChI=1S/C64H46N6/c1-4-14-46-50(33-41-15-11-28-66-61(41)60(46)65)39-22-26-56-54(32-39)55-35-49-37(2)38(3)59-45(52(49)36-58(55)69(56)43-17-7-5-8-18-43)24-25-48-53-31-40(23-27-57(53)70(64(48)59)44-19-9-6-10-20-44)51-34-42-16-12-29-67-62(42)63-47(51)21-13-30-68-63/h4-38H,65H2,1-3H3/b14-4-. The lowest BCUT2D eigenvalue weighted by molar-refractivity contribution is 0.619. The van der Waals surface area contributed by atoms with E-state index in [-0.39, 0.29) is 11.8 Å². The molecule has 0 spiro atoms. The maximum Gasteiger partial charge on any atom is 0.0970 e. The van der Waals surface area contributed by atoms with E-state index in [4.69, 9.17) is 15.7 Å². The maximum atomic E-state index is 6.91. The molecule has 5 aromatic heterocycles. The Morgan fingerprint density at radius 3 is 1.79 bits per heavy atom. The molecule has 2 unspecified atom stereocenters. The normalized spacial score (nSPS) is 14.8. The number of hydrogen-bond acceptors (Lipinski definition) is 4. The number of nitrogens with zero attached hydrogens (tertiary/aromatic N) is 5. The number of nitrogen functional groups attached to an aromatic ring is 1. The molecule has 5 heterocycles. The Labute approximate surface area is 404 Å². The molecule has 332 valence electrons. The van der Waals surface area contributed by atoms with Gasteiger partial charge in [-0.2, -0.15) is 0 Å². The van der Waals surface area contributed by atoms with Crippen molar-refractivity contribution < 1.29 is 0 Å². The van der Waals surface area contributed by atoms with E-state index in [1.54, 1.807) is 0 Å². The summed E-state index contributed by atoms with van der Waals surface area (Å²) in [5, 5.41) is 8.14. The third-order valence-electron chi connectivity index (χ3n) is 15.3. The van der Waals surface area contributed by atoms with Crippen molar-refractivity contribution in [3.05, 3.63) is 211 Å². The molecule has 0 radical (unpaired) electrons. The summed E-state index contributed by atoms with van der Waals surface area (Å²) >= 11 is 0. The van der Waals surface area contributed by atoms with Crippen LogP contribution in [0.25, 0.3) is 127 Å². The average Bonchev–Trinajstić information content (AvgIpc) is 3.92. The summed E-state index contributed by atoms with van der Waals surface area (Å²) in [6, 6.07) is 62.4. The van der Waals surface area contributed by atoms with Crippen molar-refractivity contribution in [2.24, 2.45) is 0 Å². The molecule has 0 fully saturated rings. The smallest absolute Gasteiger partial charge is 0.0970 e. The Hall–Kier alpha value is -8.87. The van der Waals surface area contributed by atoms with Crippen LogP contribution in [0.1, 0.15) is 49.3 Å². The highest BCUT2D eigenvalue weighted by atomic mass is 15.0. The van der Waals surface area contributed by atoms with Crippen LogP contribution in [0, 0.1) is 0 Å². The van der Waals surface area contributed by atoms with Gasteiger partial charge in [0.25, 0.3) is 0 Å². The fourth-order valence-corrected chi connectivity index (χ4v) is 11.9. The molecule has 0 bridgehead atoms. The van der Waals surface area contributed by atoms with Crippen LogP contribution in [-0.4, -0.2) is 24.1 Å². The molecule has 2 N–H and O–H groups in total. The van der Waals surface area contributed by atoms with Crippen molar-refractivity contribution in [3.8, 4) is 44.8 Å². The van der Waals surface area contributed by atoms with Gasteiger partial charge in [0.2, 0.25) is 0 Å². The minimum Gasteiger partial charge on any atom is -0.396 e. The molecular formula is C64H46N6. The van der Waals surface area contributed by atoms with Crippen LogP contribution in [-0.2, 0) is 0 Å². The van der Waals surface area contributed by atoms with E-state index in [1.807, 2.05) is 43.7 Å². The molecule has 14 rings (SSSR count). The van der Waals surface area contributed by atoms with Crippen molar-refractivity contribution in [1.82, 2.24) is 24.1 Å². The number of para-hydroxylation sites is 2. The molecule has 6 nitrogen and oxygen atoms in total. The van der Waals surface area contributed by atoms with Gasteiger partial charge in [-0.15, -0.1) is 0 Å². The van der Waals surface area contributed by atoms with Crippen molar-refractivity contribution in [2.45, 2.75) is 32.6 Å². The number of rotatable bonds is 5. The highest BCUT2D eigenvalue weighted by Gasteiger charge is 2.33. The lowest BCUT2D eigenvalue weighted by Crippen LogP contribution is -2.15. The predicted octanol–water partition coefficient (Wildman–Crippen LogP) is 16.4. The lowest BCUT2D eigenvalue weighted by atomic mass is 9.72. The van der Waals surface area contributed by atoms with Crippen molar-refractivity contribution in [1.29, 1.82) is 0 Å². The highest BCUT2D eigenvalue weighted by Crippen LogP contribution is 2.53. The average molecular weight is 899 g/mol. The number of anilines is 1. The zero-order chi connectivity index (χ0) is 46.8. The summed E-state index contributed by atoms with van der Waals surface area (Å²) in [6.45, 7) is 6.90. The quantitative estimate of drug-likeness (QED) is 0.138. The third-order valence-corrected chi connectivity index (χ3v) is 15.3. The van der Waals surface area contributed by atoms with Gasteiger partial charge in [-0.1, -0.05) is 105 Å². The van der Waals surface area contributed by atoms with Gasteiger partial charge in [0.05, 0.1) is 44.3 Å². The second-order valence-electron chi connectivity index (χ2n) is 19.0. The van der Waals surface area contributed by atoms with Gasteiger partial charge in [-0.05, 0) is 154 Å². The summed E-state index contributed by atoms with van der Waals surface area (Å²) in [7, 11) is 0. The highest BCUT2D eigenvalue weighted by molar-refractivity contribution is 6.17. The summed E-state index contributed by atoms with van der Waals surface area (Å²) in [6.07, 6.45) is 9.71. The number of allylic oxidation sites excluding steroid dienone is 1. The van der Waals surface area contributed by atoms with Crippen LogP contribution in [0.3, 0.4) is 0 Å². The minimum absolute atomic E-state index is 0.216. The van der Waals surface area contributed by atoms with E-state index in [0.717, 1.165) is 77.4 Å². The molecule has 2 atom stereocenters. The van der Waals surface area contributed by atoms with Crippen LogP contribution < -0.4 is 5.73 Å². The SMILES string of the molecule is C/C=C\c1c(-c2ccc3c(c2)c2cc4c(cc2n3-c2ccccc2)-c2ccc3c5cc(-c6cc7cccnc7c7ncccc67)ccc5n(-c5ccccc5)c3c2C(C)C4C)cc2cccnc2c1N. The van der Waals surface area contributed by atoms with Crippen LogP contribution in [0.4, 0.5) is 5.69 Å². The van der Waals surface area contributed by atoms with Gasteiger partial charge >= 0.3 is 0 Å². The summed E-state index contributed by atoms with van der Waals surface area (Å²) in [4.78, 5) is 14.3. The number of fused-ring (bicyclic) bond motifs is 14. The van der Waals surface area contributed by atoms with Crippen LogP contribution >= 0.6 is 0 Å². The largest absolute Gasteiger partial charge is 0.396 e. The molecule has 70 heavy (non-hydrogen) atoms. The Kier molecular flexibility index (Phi) is 8.80. The van der Waals surface area contributed by atoms with Crippen LogP contribution in [0.15, 0.2) is 195 Å². The predicted molar refractivity (Wildman–Crippen MR) is 293 cm³/mol. The monoisotopic (exact) mass is 898 g/mol. The summed E-state index contributed by atoms with van der Waals surface area (Å²) in [5.41, 5.74) is 28.2. The van der Waals surface area contributed by atoms with Crippen molar-refractivity contribution in [2.75, 3.05) is 5.73 Å². The number of pyridine rings is 3. The van der Waals surface area contributed by atoms with Gasteiger partial charge in [0, 0.05) is 73.2 Å². The number of nitrogens with two attached hydrogens (primary N) is 1. The van der Waals surface area contributed by atoms with E-state index in [1.165, 1.54) is 60.3 Å². The third kappa shape index (κ3) is 5.77. The van der Waals surface area contributed by atoms with Crippen LogP contribution in [0.5, 0.6) is 0 Å². The van der Waals surface area contributed by atoms with Crippen molar-refractivity contribution >= 4 is 88.1 Å². The molecule has 8 aromatic carbocycles. The van der Waals surface area contributed by atoms with Crippen LogP contribution in [0.2, 0.25) is 0 Å². The van der Waals surface area contributed by atoms with Gasteiger partial charge in [0.1, 0.15) is 0 Å². The molecule has 0 saturated carbocycles. The lowest BCUT2D eigenvalue weighted by Gasteiger charge is -2.33. The minimum atomic E-state index is 0.216.